The monoisotopic (exact) mass is 270 g/mol. The van der Waals surface area contributed by atoms with Crippen molar-refractivity contribution in [1.29, 1.82) is 0 Å². The van der Waals surface area contributed by atoms with Crippen LogP contribution in [0.25, 0.3) is 21.9 Å². The lowest BCUT2D eigenvalue weighted by atomic mass is 9.99. The zero-order valence-corrected chi connectivity index (χ0v) is 10.6. The molecule has 0 bridgehead atoms. The van der Waals surface area contributed by atoms with Crippen molar-refractivity contribution in [1.82, 2.24) is 0 Å². The molecule has 100 valence electrons. The molecule has 3 aromatic carbocycles. The molecule has 0 spiro atoms. The first-order chi connectivity index (χ1) is 9.67. The molecule has 0 fully saturated rings. The van der Waals surface area contributed by atoms with E-state index >= 15 is 0 Å². The second-order valence-electron chi connectivity index (χ2n) is 4.68. The molecule has 0 amide bonds. The molecule has 0 aliphatic heterocycles. The third kappa shape index (κ3) is 2.28. The maximum Gasteiger partial charge on any atom is 0.133 e. The highest BCUT2D eigenvalue weighted by Crippen LogP contribution is 2.27. The fourth-order valence-electron chi connectivity index (χ4n) is 2.28. The van der Waals surface area contributed by atoms with Gasteiger partial charge in [-0.15, -0.1) is 0 Å². The van der Waals surface area contributed by atoms with Gasteiger partial charge in [0.05, 0.1) is 6.61 Å². The van der Waals surface area contributed by atoms with Crippen LogP contribution in [0.15, 0.2) is 54.6 Å². The van der Waals surface area contributed by atoms with Gasteiger partial charge in [0.25, 0.3) is 0 Å². The summed E-state index contributed by atoms with van der Waals surface area (Å²) in [5, 5.41) is 11.0. The maximum absolute atomic E-state index is 13.8. The lowest BCUT2D eigenvalue weighted by Gasteiger charge is -2.07. The van der Waals surface area contributed by atoms with Gasteiger partial charge in [0, 0.05) is 11.6 Å². The molecule has 0 radical (unpaired) electrons. The fourth-order valence-corrected chi connectivity index (χ4v) is 2.28. The Hall–Kier alpha value is -2.26. The second kappa shape index (κ2) is 5.02. The number of hydrogen-bond acceptors (Lipinski definition) is 1. The van der Waals surface area contributed by atoms with Gasteiger partial charge < -0.3 is 5.11 Å². The Morgan fingerprint density at radius 2 is 1.55 bits per heavy atom. The molecule has 3 aromatic rings. The SMILES string of the molecule is OCc1ccc2cc(-c3ccc(F)cc3F)ccc2c1. The molecular formula is C17H12F2O. The molecule has 3 rings (SSSR count). The van der Waals surface area contributed by atoms with Crippen LogP contribution in [0, 0.1) is 11.6 Å². The average molecular weight is 270 g/mol. The summed E-state index contributed by atoms with van der Waals surface area (Å²) in [6, 6.07) is 14.7. The number of hydrogen-bond donors (Lipinski definition) is 1. The summed E-state index contributed by atoms with van der Waals surface area (Å²) in [5.41, 5.74) is 1.91. The van der Waals surface area contributed by atoms with Crippen LogP contribution < -0.4 is 0 Å². The summed E-state index contributed by atoms with van der Waals surface area (Å²) in [6.07, 6.45) is 0. The van der Waals surface area contributed by atoms with Crippen LogP contribution in [0.1, 0.15) is 5.56 Å². The number of aliphatic hydroxyl groups excluding tert-OH is 1. The quantitative estimate of drug-likeness (QED) is 0.737. The number of aliphatic hydroxyl groups is 1. The van der Waals surface area contributed by atoms with Gasteiger partial charge in [-0.25, -0.2) is 8.78 Å². The predicted octanol–water partition coefficient (Wildman–Crippen LogP) is 4.28. The average Bonchev–Trinajstić information content (AvgIpc) is 2.46. The Bertz CT molecular complexity index is 781. The topological polar surface area (TPSA) is 20.2 Å². The first-order valence-electron chi connectivity index (χ1n) is 6.26. The van der Waals surface area contributed by atoms with Crippen molar-refractivity contribution in [3.63, 3.8) is 0 Å². The molecular weight excluding hydrogens is 258 g/mol. The lowest BCUT2D eigenvalue weighted by Crippen LogP contribution is -1.87. The molecule has 0 atom stereocenters. The van der Waals surface area contributed by atoms with E-state index in [-0.39, 0.29) is 6.61 Å². The van der Waals surface area contributed by atoms with E-state index in [1.165, 1.54) is 12.1 Å². The van der Waals surface area contributed by atoms with Crippen molar-refractivity contribution in [2.24, 2.45) is 0 Å². The minimum absolute atomic E-state index is 0.00964. The molecule has 1 N–H and O–H groups in total. The van der Waals surface area contributed by atoms with Crippen LogP contribution in [0.3, 0.4) is 0 Å². The maximum atomic E-state index is 13.8. The van der Waals surface area contributed by atoms with Crippen molar-refractivity contribution in [2.75, 3.05) is 0 Å². The summed E-state index contributed by atoms with van der Waals surface area (Å²) in [6.45, 7) is -0.00964. The number of fused-ring (bicyclic) bond motifs is 1. The van der Waals surface area contributed by atoms with Gasteiger partial charge in [0.1, 0.15) is 11.6 Å². The van der Waals surface area contributed by atoms with Crippen molar-refractivity contribution in [3.05, 3.63) is 71.8 Å². The molecule has 1 nitrogen and oxygen atoms in total. The van der Waals surface area contributed by atoms with Crippen molar-refractivity contribution in [3.8, 4) is 11.1 Å². The van der Waals surface area contributed by atoms with E-state index in [1.807, 2.05) is 30.3 Å². The Labute approximate surface area is 115 Å². The van der Waals surface area contributed by atoms with E-state index in [0.717, 1.165) is 22.4 Å². The largest absolute Gasteiger partial charge is 0.392 e. The lowest BCUT2D eigenvalue weighted by molar-refractivity contribution is 0.282. The summed E-state index contributed by atoms with van der Waals surface area (Å²) in [7, 11) is 0. The molecule has 0 heterocycles. The van der Waals surface area contributed by atoms with Crippen molar-refractivity contribution in [2.45, 2.75) is 6.61 Å². The van der Waals surface area contributed by atoms with E-state index < -0.39 is 11.6 Å². The minimum atomic E-state index is -0.584. The number of halogens is 2. The molecule has 0 aromatic heterocycles. The standard InChI is InChI=1S/C17H12F2O/c18-15-5-6-16(17(19)9-15)14-4-3-12-7-11(10-20)1-2-13(12)8-14/h1-9,20H,10H2. The molecule has 0 aliphatic carbocycles. The predicted molar refractivity (Wildman–Crippen MR) is 75.2 cm³/mol. The summed E-state index contributed by atoms with van der Waals surface area (Å²) >= 11 is 0. The molecule has 20 heavy (non-hydrogen) atoms. The summed E-state index contributed by atoms with van der Waals surface area (Å²) < 4.78 is 26.7. The molecule has 0 saturated heterocycles. The first kappa shape index (κ1) is 12.8. The van der Waals surface area contributed by atoms with Crippen LogP contribution in [0.4, 0.5) is 8.78 Å². The molecule has 0 aliphatic rings. The van der Waals surface area contributed by atoms with E-state index in [4.69, 9.17) is 5.11 Å². The zero-order chi connectivity index (χ0) is 14.1. The van der Waals surface area contributed by atoms with Gasteiger partial charge in [-0.1, -0.05) is 24.3 Å². The van der Waals surface area contributed by atoms with E-state index in [1.54, 1.807) is 6.07 Å². The first-order valence-corrected chi connectivity index (χ1v) is 6.26. The Balaban J connectivity index is 2.13. The number of benzene rings is 3. The van der Waals surface area contributed by atoms with Crippen molar-refractivity contribution >= 4 is 10.8 Å². The van der Waals surface area contributed by atoms with Crippen LogP contribution in [0.2, 0.25) is 0 Å². The summed E-state index contributed by atoms with van der Waals surface area (Å²) in [4.78, 5) is 0. The van der Waals surface area contributed by atoms with Gasteiger partial charge in [-0.05, 0) is 46.2 Å². The van der Waals surface area contributed by atoms with E-state index in [9.17, 15) is 8.78 Å². The Kier molecular flexibility index (Phi) is 3.20. The van der Waals surface area contributed by atoms with Gasteiger partial charge in [-0.3, -0.25) is 0 Å². The van der Waals surface area contributed by atoms with Crippen LogP contribution in [-0.4, -0.2) is 5.11 Å². The van der Waals surface area contributed by atoms with Gasteiger partial charge in [0.15, 0.2) is 0 Å². The smallest absolute Gasteiger partial charge is 0.133 e. The van der Waals surface area contributed by atoms with Crippen LogP contribution in [0.5, 0.6) is 0 Å². The Morgan fingerprint density at radius 3 is 2.30 bits per heavy atom. The highest BCUT2D eigenvalue weighted by molar-refractivity contribution is 5.87. The van der Waals surface area contributed by atoms with Gasteiger partial charge >= 0.3 is 0 Å². The third-order valence-electron chi connectivity index (χ3n) is 3.33. The van der Waals surface area contributed by atoms with Crippen molar-refractivity contribution < 1.29 is 13.9 Å². The van der Waals surface area contributed by atoms with E-state index in [2.05, 4.69) is 0 Å². The highest BCUT2D eigenvalue weighted by atomic mass is 19.1. The normalized spacial score (nSPS) is 10.9. The van der Waals surface area contributed by atoms with Gasteiger partial charge in [-0.2, -0.15) is 0 Å². The Morgan fingerprint density at radius 1 is 0.800 bits per heavy atom. The molecule has 0 unspecified atom stereocenters. The molecule has 0 saturated carbocycles. The second-order valence-corrected chi connectivity index (χ2v) is 4.68. The summed E-state index contributed by atoms with van der Waals surface area (Å²) in [5.74, 6) is -1.16. The molecule has 3 heteroatoms. The van der Waals surface area contributed by atoms with Gasteiger partial charge in [0.2, 0.25) is 0 Å². The third-order valence-corrected chi connectivity index (χ3v) is 3.33. The highest BCUT2D eigenvalue weighted by Gasteiger charge is 2.07. The number of rotatable bonds is 2. The zero-order valence-electron chi connectivity index (χ0n) is 10.6. The van der Waals surface area contributed by atoms with Crippen LogP contribution in [-0.2, 0) is 6.61 Å². The van der Waals surface area contributed by atoms with Crippen LogP contribution >= 0.6 is 0 Å². The fraction of sp³-hybridized carbons (Fsp3) is 0.0588. The van der Waals surface area contributed by atoms with E-state index in [0.29, 0.717) is 11.1 Å². The minimum Gasteiger partial charge on any atom is -0.392 e.